The second kappa shape index (κ2) is 12.1. The maximum atomic E-state index is 14.0. The van der Waals surface area contributed by atoms with E-state index in [0.29, 0.717) is 45.6 Å². The van der Waals surface area contributed by atoms with Gasteiger partial charge in [-0.3, -0.25) is 14.7 Å². The van der Waals surface area contributed by atoms with Crippen molar-refractivity contribution in [2.45, 2.75) is 25.4 Å². The van der Waals surface area contributed by atoms with Gasteiger partial charge in [-0.05, 0) is 41.8 Å². The molecule has 182 valence electrons. The zero-order valence-corrected chi connectivity index (χ0v) is 19.6. The van der Waals surface area contributed by atoms with Gasteiger partial charge in [0.05, 0.1) is 5.69 Å². The Balaban J connectivity index is 1.53. The van der Waals surface area contributed by atoms with Gasteiger partial charge in [-0.2, -0.15) is 0 Å². The molecule has 2 N–H and O–H groups in total. The summed E-state index contributed by atoms with van der Waals surface area (Å²) >= 11 is 0. The van der Waals surface area contributed by atoms with Crippen LogP contribution >= 0.6 is 0 Å². The van der Waals surface area contributed by atoms with Gasteiger partial charge in [0.2, 0.25) is 5.91 Å². The highest BCUT2D eigenvalue weighted by atomic mass is 19.1. The molecule has 1 unspecified atom stereocenters. The van der Waals surface area contributed by atoms with Crippen LogP contribution in [-0.2, 0) is 11.3 Å². The largest absolute Gasteiger partial charge is 0.354 e. The van der Waals surface area contributed by atoms with Crippen molar-refractivity contribution in [1.82, 2.24) is 20.1 Å². The molecule has 1 aliphatic heterocycles. The van der Waals surface area contributed by atoms with E-state index in [9.17, 15) is 14.0 Å². The molecular weight excluding hydrogens is 445 g/mol. The molecule has 1 aromatic heterocycles. The number of carbonyl (C=O) groups is 2. The van der Waals surface area contributed by atoms with Crippen LogP contribution in [0.5, 0.6) is 0 Å². The topological polar surface area (TPSA) is 77.6 Å². The number of aromatic nitrogens is 1. The van der Waals surface area contributed by atoms with Crippen LogP contribution in [0.4, 0.5) is 14.9 Å². The molecule has 4 rings (SSSR count). The summed E-state index contributed by atoms with van der Waals surface area (Å²) in [6, 6.07) is 19.6. The first-order valence-corrected chi connectivity index (χ1v) is 11.8. The smallest absolute Gasteiger partial charge is 0.321 e. The number of para-hydroxylation sites is 1. The number of anilines is 1. The van der Waals surface area contributed by atoms with Gasteiger partial charge in [-0.15, -0.1) is 0 Å². The predicted molar refractivity (Wildman–Crippen MR) is 133 cm³/mol. The lowest BCUT2D eigenvalue weighted by atomic mass is 10.00. The number of amides is 3. The zero-order valence-electron chi connectivity index (χ0n) is 19.6. The van der Waals surface area contributed by atoms with Gasteiger partial charge in [0.1, 0.15) is 5.82 Å². The van der Waals surface area contributed by atoms with Crippen molar-refractivity contribution in [2.24, 2.45) is 0 Å². The predicted octanol–water partition coefficient (Wildman–Crippen LogP) is 4.21. The van der Waals surface area contributed by atoms with Gasteiger partial charge in [0.15, 0.2) is 0 Å². The molecule has 1 atom stereocenters. The molecule has 1 aliphatic rings. The van der Waals surface area contributed by atoms with Crippen LogP contribution < -0.4 is 10.6 Å². The van der Waals surface area contributed by atoms with E-state index >= 15 is 0 Å². The van der Waals surface area contributed by atoms with Crippen molar-refractivity contribution in [3.05, 3.63) is 96.1 Å². The number of halogens is 1. The fraction of sp³-hybridized carbons (Fsp3) is 0.296. The monoisotopic (exact) mass is 475 g/mol. The number of rotatable bonds is 4. The first-order chi connectivity index (χ1) is 17.1. The fourth-order valence-corrected chi connectivity index (χ4v) is 4.32. The zero-order chi connectivity index (χ0) is 24.5. The maximum absolute atomic E-state index is 14.0. The molecule has 1 fully saturated rings. The van der Waals surface area contributed by atoms with E-state index in [1.165, 1.54) is 12.1 Å². The van der Waals surface area contributed by atoms with Crippen molar-refractivity contribution in [3.63, 3.8) is 0 Å². The van der Waals surface area contributed by atoms with Crippen LogP contribution in [0.15, 0.2) is 79.1 Å². The molecule has 8 heteroatoms. The van der Waals surface area contributed by atoms with Crippen LogP contribution in [0.2, 0.25) is 0 Å². The lowest BCUT2D eigenvalue weighted by molar-refractivity contribution is -0.122. The van der Waals surface area contributed by atoms with Gasteiger partial charge in [-0.25, -0.2) is 9.18 Å². The molecule has 0 radical (unpaired) electrons. The lowest BCUT2D eigenvalue weighted by Gasteiger charge is -2.32. The molecule has 0 saturated carbocycles. The van der Waals surface area contributed by atoms with Crippen molar-refractivity contribution < 1.29 is 14.0 Å². The summed E-state index contributed by atoms with van der Waals surface area (Å²) in [6.45, 7) is 2.47. The average Bonchev–Trinajstić information content (AvgIpc) is 2.91. The quantitative estimate of drug-likeness (QED) is 0.593. The summed E-state index contributed by atoms with van der Waals surface area (Å²) in [7, 11) is 0. The first kappa shape index (κ1) is 24.3. The van der Waals surface area contributed by atoms with Gasteiger partial charge < -0.3 is 15.5 Å². The average molecular weight is 476 g/mol. The minimum absolute atomic E-state index is 0.0741. The van der Waals surface area contributed by atoms with Crippen LogP contribution in [0.3, 0.4) is 0 Å². The van der Waals surface area contributed by atoms with Crippen molar-refractivity contribution in [3.8, 4) is 0 Å². The third-order valence-electron chi connectivity index (χ3n) is 6.12. The Morgan fingerprint density at radius 1 is 1.00 bits per heavy atom. The number of pyridine rings is 1. The second-order valence-corrected chi connectivity index (χ2v) is 8.56. The van der Waals surface area contributed by atoms with E-state index in [4.69, 9.17) is 0 Å². The number of carbonyl (C=O) groups excluding carboxylic acids is 2. The Morgan fingerprint density at radius 2 is 1.74 bits per heavy atom. The van der Waals surface area contributed by atoms with E-state index in [1.54, 1.807) is 29.4 Å². The van der Waals surface area contributed by atoms with E-state index in [0.717, 1.165) is 11.1 Å². The first-order valence-electron chi connectivity index (χ1n) is 11.8. The van der Waals surface area contributed by atoms with Crippen LogP contribution in [0.1, 0.15) is 30.0 Å². The van der Waals surface area contributed by atoms with E-state index in [-0.39, 0.29) is 23.7 Å². The number of hydrogen-bond acceptors (Lipinski definition) is 4. The second-order valence-electron chi connectivity index (χ2n) is 8.56. The molecule has 0 aliphatic carbocycles. The molecule has 2 aromatic carbocycles. The maximum Gasteiger partial charge on any atom is 0.321 e. The number of urea groups is 1. The van der Waals surface area contributed by atoms with E-state index in [1.807, 2.05) is 42.5 Å². The number of hydrogen-bond donors (Lipinski definition) is 2. The van der Waals surface area contributed by atoms with Crippen LogP contribution in [0.25, 0.3) is 0 Å². The van der Waals surface area contributed by atoms with Crippen molar-refractivity contribution >= 4 is 17.6 Å². The highest BCUT2D eigenvalue weighted by Gasteiger charge is 2.25. The minimum Gasteiger partial charge on any atom is -0.354 e. The molecular formula is C27H30FN5O2. The lowest BCUT2D eigenvalue weighted by Crippen LogP contribution is -2.41. The molecule has 1 saturated heterocycles. The van der Waals surface area contributed by atoms with Gasteiger partial charge in [-0.1, -0.05) is 42.5 Å². The van der Waals surface area contributed by atoms with Gasteiger partial charge in [0.25, 0.3) is 0 Å². The molecule has 3 amide bonds. The molecule has 3 aromatic rings. The molecule has 0 spiro atoms. The molecule has 2 heterocycles. The fourth-order valence-electron chi connectivity index (χ4n) is 4.32. The summed E-state index contributed by atoms with van der Waals surface area (Å²) in [5.74, 6) is -0.559. The Bertz CT molecular complexity index is 1110. The number of nitrogens with zero attached hydrogens (tertiary/aromatic N) is 3. The minimum atomic E-state index is -0.485. The third kappa shape index (κ3) is 6.86. The molecule has 35 heavy (non-hydrogen) atoms. The highest BCUT2D eigenvalue weighted by Crippen LogP contribution is 2.27. The van der Waals surface area contributed by atoms with Crippen molar-refractivity contribution in [1.29, 1.82) is 0 Å². The summed E-state index contributed by atoms with van der Waals surface area (Å²) in [5, 5.41) is 5.61. The van der Waals surface area contributed by atoms with E-state index in [2.05, 4.69) is 20.5 Å². The molecule has 0 bridgehead atoms. The Kier molecular flexibility index (Phi) is 8.40. The Labute approximate surface area is 205 Å². The van der Waals surface area contributed by atoms with Gasteiger partial charge in [0, 0.05) is 57.6 Å². The highest BCUT2D eigenvalue weighted by molar-refractivity contribution is 5.89. The van der Waals surface area contributed by atoms with Crippen LogP contribution in [0, 0.1) is 5.82 Å². The van der Waals surface area contributed by atoms with E-state index < -0.39 is 5.82 Å². The molecule has 7 nitrogen and oxygen atoms in total. The van der Waals surface area contributed by atoms with Gasteiger partial charge >= 0.3 is 6.03 Å². The number of nitrogens with one attached hydrogen (secondary N) is 2. The normalized spacial score (nSPS) is 17.8. The summed E-state index contributed by atoms with van der Waals surface area (Å²) in [4.78, 5) is 33.8. The number of benzene rings is 2. The Hall–Kier alpha value is -3.78. The summed E-state index contributed by atoms with van der Waals surface area (Å²) in [5.41, 5.74) is 2.31. The van der Waals surface area contributed by atoms with Crippen LogP contribution in [-0.4, -0.2) is 52.9 Å². The SMILES string of the molecule is O=C1CC(c2ccccc2)N(Cc2ccncc2)CCCN(C(=O)Nc2ccccc2F)CCN1. The standard InChI is InChI=1S/C27H30FN5O2/c28-23-9-4-5-10-24(23)31-27(35)32-16-6-17-33(20-21-11-13-29-14-12-21)25(19-26(34)30-15-18-32)22-7-2-1-3-8-22/h1-5,7-14,25H,6,15-20H2,(H,30,34)(H,31,35). The Morgan fingerprint density at radius 3 is 2.51 bits per heavy atom. The van der Waals surface area contributed by atoms with Crippen molar-refractivity contribution in [2.75, 3.05) is 31.5 Å². The summed E-state index contributed by atoms with van der Waals surface area (Å²) in [6.07, 6.45) is 4.55. The summed E-state index contributed by atoms with van der Waals surface area (Å²) < 4.78 is 14.0. The third-order valence-corrected chi connectivity index (χ3v) is 6.12.